The molecule has 1 aliphatic heterocycles. The molecule has 1 saturated carbocycles. The summed E-state index contributed by atoms with van der Waals surface area (Å²) in [5.74, 6) is -0.125. The van der Waals surface area contributed by atoms with E-state index >= 15 is 0 Å². The molecular formula is C22H21F4N7O2. The number of anilines is 1. The largest absolute Gasteiger partial charge is 0.423 e. The quantitative estimate of drug-likeness (QED) is 0.532. The van der Waals surface area contributed by atoms with E-state index in [-0.39, 0.29) is 17.7 Å². The third-order valence-corrected chi connectivity index (χ3v) is 6.45. The lowest BCUT2D eigenvalue weighted by Gasteiger charge is -2.61. The zero-order chi connectivity index (χ0) is 25.0. The van der Waals surface area contributed by atoms with E-state index in [1.165, 1.54) is 0 Å². The van der Waals surface area contributed by atoms with Gasteiger partial charge in [-0.15, -0.1) is 10.2 Å². The van der Waals surface area contributed by atoms with Gasteiger partial charge in [0.1, 0.15) is 11.4 Å². The van der Waals surface area contributed by atoms with Crippen LogP contribution in [0.2, 0.25) is 0 Å². The SMILES string of the molecule is CCc1nnc(C23C[C@H](C)C[C@H](C2)N3C(=O)Nc2cc(-c3ncc(F)cn3)c(C(F)(F)F)cn2)o1. The van der Waals surface area contributed by atoms with Gasteiger partial charge in [0.2, 0.25) is 11.8 Å². The van der Waals surface area contributed by atoms with Crippen LogP contribution in [0.1, 0.15) is 50.5 Å². The molecule has 4 heterocycles. The molecule has 3 aromatic heterocycles. The summed E-state index contributed by atoms with van der Waals surface area (Å²) in [6.45, 7) is 3.96. The molecule has 0 aromatic carbocycles. The summed E-state index contributed by atoms with van der Waals surface area (Å²) >= 11 is 0. The number of piperidine rings is 1. The van der Waals surface area contributed by atoms with Gasteiger partial charge in [0, 0.05) is 30.6 Å². The molecule has 35 heavy (non-hydrogen) atoms. The lowest BCUT2D eigenvalue weighted by Crippen LogP contribution is -2.70. The van der Waals surface area contributed by atoms with Gasteiger partial charge < -0.3 is 9.32 Å². The number of likely N-dealkylation sites (tertiary alicyclic amines) is 1. The maximum atomic E-state index is 13.6. The normalized spacial score (nSPS) is 23.7. The summed E-state index contributed by atoms with van der Waals surface area (Å²) in [6.07, 6.45) is -0.0194. The van der Waals surface area contributed by atoms with E-state index in [4.69, 9.17) is 4.42 Å². The molecule has 9 nitrogen and oxygen atoms in total. The maximum Gasteiger partial charge on any atom is 0.418 e. The minimum Gasteiger partial charge on any atom is -0.423 e. The molecule has 2 fully saturated rings. The fraction of sp³-hybridized carbons (Fsp3) is 0.455. The highest BCUT2D eigenvalue weighted by molar-refractivity contribution is 5.90. The first-order chi connectivity index (χ1) is 16.6. The second kappa shape index (κ2) is 8.24. The number of nitrogens with zero attached hydrogens (tertiary/aromatic N) is 6. The second-order valence-corrected chi connectivity index (χ2v) is 8.93. The minimum absolute atomic E-state index is 0.0786. The van der Waals surface area contributed by atoms with Gasteiger partial charge in [-0.25, -0.2) is 24.1 Å². The average molecular weight is 491 g/mol. The van der Waals surface area contributed by atoms with Gasteiger partial charge in [0.15, 0.2) is 11.6 Å². The Morgan fingerprint density at radius 1 is 1.20 bits per heavy atom. The van der Waals surface area contributed by atoms with E-state index < -0.39 is 34.7 Å². The molecule has 2 aliphatic rings. The van der Waals surface area contributed by atoms with Gasteiger partial charge in [-0.1, -0.05) is 13.8 Å². The number of fused-ring (bicyclic) bond motifs is 2. The molecule has 13 heteroatoms. The van der Waals surface area contributed by atoms with Crippen molar-refractivity contribution in [2.75, 3.05) is 5.32 Å². The predicted octanol–water partition coefficient (Wildman–Crippen LogP) is 4.57. The number of urea groups is 1. The van der Waals surface area contributed by atoms with Crippen LogP contribution in [0.5, 0.6) is 0 Å². The Morgan fingerprint density at radius 2 is 1.94 bits per heavy atom. The molecular weight excluding hydrogens is 470 g/mol. The van der Waals surface area contributed by atoms with Gasteiger partial charge >= 0.3 is 12.2 Å². The number of pyridine rings is 1. The van der Waals surface area contributed by atoms with Crippen LogP contribution in [0.3, 0.4) is 0 Å². The van der Waals surface area contributed by atoms with Crippen molar-refractivity contribution in [3.63, 3.8) is 0 Å². The first kappa shape index (κ1) is 23.1. The van der Waals surface area contributed by atoms with Gasteiger partial charge in [-0.2, -0.15) is 13.2 Å². The Bertz CT molecular complexity index is 1260. The van der Waals surface area contributed by atoms with Crippen molar-refractivity contribution in [2.45, 2.75) is 57.3 Å². The molecule has 1 unspecified atom stereocenters. The van der Waals surface area contributed by atoms with Crippen molar-refractivity contribution in [2.24, 2.45) is 5.92 Å². The molecule has 1 N–H and O–H groups in total. The summed E-state index contributed by atoms with van der Waals surface area (Å²) in [5, 5.41) is 10.8. The molecule has 0 radical (unpaired) electrons. The van der Waals surface area contributed by atoms with Gasteiger partial charge in [0.05, 0.1) is 18.0 Å². The number of hydrogen-bond acceptors (Lipinski definition) is 7. The molecule has 0 spiro atoms. The summed E-state index contributed by atoms with van der Waals surface area (Å²) < 4.78 is 59.7. The molecule has 184 valence electrons. The number of halogens is 4. The van der Waals surface area contributed by atoms with Crippen LogP contribution in [0.15, 0.2) is 29.1 Å². The molecule has 2 bridgehead atoms. The number of nitrogens with one attached hydrogen (secondary N) is 1. The van der Waals surface area contributed by atoms with E-state index in [0.717, 1.165) is 24.9 Å². The maximum absolute atomic E-state index is 13.6. The lowest BCUT2D eigenvalue weighted by atomic mass is 9.64. The molecule has 1 saturated heterocycles. The van der Waals surface area contributed by atoms with Crippen molar-refractivity contribution in [1.29, 1.82) is 0 Å². The Hall–Kier alpha value is -3.64. The number of carbonyl (C=O) groups excluding carboxylic acids is 1. The van der Waals surface area contributed by atoms with Crippen LogP contribution in [-0.4, -0.2) is 42.1 Å². The zero-order valence-corrected chi connectivity index (χ0v) is 18.8. The van der Waals surface area contributed by atoms with E-state index in [2.05, 4.69) is 37.4 Å². The Morgan fingerprint density at radius 3 is 2.60 bits per heavy atom. The average Bonchev–Trinajstić information content (AvgIpc) is 3.28. The van der Waals surface area contributed by atoms with Crippen molar-refractivity contribution in [3.05, 3.63) is 47.8 Å². The number of amides is 2. The zero-order valence-electron chi connectivity index (χ0n) is 18.8. The fourth-order valence-corrected chi connectivity index (χ4v) is 5.09. The highest BCUT2D eigenvalue weighted by atomic mass is 19.4. The van der Waals surface area contributed by atoms with Crippen LogP contribution in [0.4, 0.5) is 28.2 Å². The Kier molecular flexibility index (Phi) is 5.44. The van der Waals surface area contributed by atoms with Crippen molar-refractivity contribution < 1.29 is 26.8 Å². The van der Waals surface area contributed by atoms with Crippen molar-refractivity contribution in [1.82, 2.24) is 30.0 Å². The summed E-state index contributed by atoms with van der Waals surface area (Å²) in [6, 6.07) is 0.411. The second-order valence-electron chi connectivity index (χ2n) is 8.93. The summed E-state index contributed by atoms with van der Waals surface area (Å²) in [4.78, 5) is 26.0. The highest BCUT2D eigenvalue weighted by Gasteiger charge is 2.62. The minimum atomic E-state index is -4.76. The van der Waals surface area contributed by atoms with Gasteiger partial charge in [-0.3, -0.25) is 5.32 Å². The molecule has 5 rings (SSSR count). The van der Waals surface area contributed by atoms with Crippen LogP contribution in [-0.2, 0) is 18.1 Å². The van der Waals surface area contributed by atoms with Gasteiger partial charge in [-0.05, 0) is 24.8 Å². The molecule has 1 aliphatic carbocycles. The lowest BCUT2D eigenvalue weighted by molar-refractivity contribution is -0.137. The predicted molar refractivity (Wildman–Crippen MR) is 113 cm³/mol. The third-order valence-electron chi connectivity index (χ3n) is 6.45. The van der Waals surface area contributed by atoms with Crippen LogP contribution < -0.4 is 5.32 Å². The molecule has 3 atom stereocenters. The van der Waals surface area contributed by atoms with Crippen LogP contribution in [0, 0.1) is 11.7 Å². The topological polar surface area (TPSA) is 110 Å². The number of alkyl halides is 3. The van der Waals surface area contributed by atoms with E-state index in [9.17, 15) is 22.4 Å². The van der Waals surface area contributed by atoms with Gasteiger partial charge in [0.25, 0.3) is 0 Å². The number of hydrogen-bond donors (Lipinski definition) is 1. The van der Waals surface area contributed by atoms with Crippen molar-refractivity contribution >= 4 is 11.8 Å². The third kappa shape index (κ3) is 3.98. The first-order valence-electron chi connectivity index (χ1n) is 11.1. The smallest absolute Gasteiger partial charge is 0.418 e. The summed E-state index contributed by atoms with van der Waals surface area (Å²) in [7, 11) is 0. The number of rotatable bonds is 4. The standard InChI is InChI=1S/C22H21F4N7O2/c1-3-17-31-32-19(35-17)21-6-11(2)4-13(7-21)33(21)20(34)30-16-5-14(15(10-27-16)22(24,25)26)18-28-8-12(23)9-29-18/h5,8-11,13H,3-4,6-7H2,1-2H3,(H,27,30,34)/t11-,13-,21?/m1/s1. The molecule has 2 amide bonds. The Balaban J connectivity index is 1.46. The number of aromatic nitrogens is 5. The first-order valence-corrected chi connectivity index (χ1v) is 11.1. The van der Waals surface area contributed by atoms with Crippen LogP contribution >= 0.6 is 0 Å². The number of carbonyl (C=O) groups is 1. The van der Waals surface area contributed by atoms with E-state index in [0.29, 0.717) is 43.2 Å². The van der Waals surface area contributed by atoms with E-state index in [1.807, 2.05) is 6.92 Å². The van der Waals surface area contributed by atoms with Crippen molar-refractivity contribution in [3.8, 4) is 11.4 Å². The monoisotopic (exact) mass is 491 g/mol. The number of aryl methyl sites for hydroxylation is 1. The molecule has 3 aromatic rings. The Labute approximate surface area is 197 Å². The highest BCUT2D eigenvalue weighted by Crippen LogP contribution is 2.55. The van der Waals surface area contributed by atoms with Crippen LogP contribution in [0.25, 0.3) is 11.4 Å². The van der Waals surface area contributed by atoms with E-state index in [1.54, 1.807) is 4.90 Å². The summed E-state index contributed by atoms with van der Waals surface area (Å²) in [5.41, 5.74) is -2.31. The fourth-order valence-electron chi connectivity index (χ4n) is 5.09.